The highest BCUT2D eigenvalue weighted by atomic mass is 19.2. The molecule has 2 aliphatic rings. The van der Waals surface area contributed by atoms with Crippen LogP contribution in [0, 0.1) is 36.2 Å². The van der Waals surface area contributed by atoms with Crippen molar-refractivity contribution in [3.8, 4) is 5.75 Å². The molecule has 4 heteroatoms. The Balaban J connectivity index is 1.60. The van der Waals surface area contributed by atoms with Crippen LogP contribution in [-0.2, 0) is 0 Å². The van der Waals surface area contributed by atoms with Crippen LogP contribution >= 0.6 is 0 Å². The third kappa shape index (κ3) is 3.13. The molecule has 1 nitrogen and oxygen atoms in total. The monoisotopic (exact) mass is 374 g/mol. The van der Waals surface area contributed by atoms with Crippen LogP contribution < -0.4 is 4.74 Å². The fraction of sp³-hybridized carbons (Fsp3) is 0.478. The van der Waals surface area contributed by atoms with Crippen LogP contribution in [0.5, 0.6) is 5.75 Å². The molecule has 0 aliphatic heterocycles. The Morgan fingerprint density at radius 3 is 2.11 bits per heavy atom. The van der Waals surface area contributed by atoms with Crippen molar-refractivity contribution < 1.29 is 17.9 Å². The maximum Gasteiger partial charge on any atom is 0.200 e. The van der Waals surface area contributed by atoms with Gasteiger partial charge in [0.05, 0.1) is 6.61 Å². The second kappa shape index (κ2) is 7.21. The predicted octanol–water partition coefficient (Wildman–Crippen LogP) is 6.50. The van der Waals surface area contributed by atoms with Crippen molar-refractivity contribution >= 4 is 0 Å². The largest absolute Gasteiger partial charge is 0.491 e. The van der Waals surface area contributed by atoms with Crippen molar-refractivity contribution in [3.63, 3.8) is 0 Å². The lowest BCUT2D eigenvalue weighted by Gasteiger charge is -2.22. The minimum Gasteiger partial charge on any atom is -0.491 e. The molecule has 0 bridgehead atoms. The van der Waals surface area contributed by atoms with Crippen LogP contribution in [0.4, 0.5) is 13.2 Å². The SMILES string of the molecule is CCOc1ccc(C2CCC3C(c4ccc(C)cc4F)CCC23)c(F)c1F. The summed E-state index contributed by atoms with van der Waals surface area (Å²) < 4.78 is 48.7. The predicted molar refractivity (Wildman–Crippen MR) is 99.6 cm³/mol. The van der Waals surface area contributed by atoms with Gasteiger partial charge in [0.1, 0.15) is 5.82 Å². The first-order valence-electron chi connectivity index (χ1n) is 9.88. The Labute approximate surface area is 158 Å². The van der Waals surface area contributed by atoms with Gasteiger partial charge in [-0.15, -0.1) is 0 Å². The summed E-state index contributed by atoms with van der Waals surface area (Å²) in [6, 6.07) is 8.67. The lowest BCUT2D eigenvalue weighted by Crippen LogP contribution is -2.14. The van der Waals surface area contributed by atoms with Crippen LogP contribution in [0.2, 0.25) is 0 Å². The van der Waals surface area contributed by atoms with E-state index in [0.29, 0.717) is 18.1 Å². The summed E-state index contributed by atoms with van der Waals surface area (Å²) in [6.45, 7) is 3.93. The third-order valence-corrected chi connectivity index (χ3v) is 6.54. The highest BCUT2D eigenvalue weighted by Crippen LogP contribution is 2.58. The first-order chi connectivity index (χ1) is 13.0. The van der Waals surface area contributed by atoms with Crippen molar-refractivity contribution in [1.82, 2.24) is 0 Å². The Kier molecular flexibility index (Phi) is 4.92. The number of hydrogen-bond donors (Lipinski definition) is 0. The van der Waals surface area contributed by atoms with Crippen LogP contribution in [0.1, 0.15) is 61.1 Å². The minimum atomic E-state index is -0.892. The number of benzene rings is 2. The Morgan fingerprint density at radius 2 is 1.48 bits per heavy atom. The van der Waals surface area contributed by atoms with Gasteiger partial charge in [-0.1, -0.05) is 18.2 Å². The maximum absolute atomic E-state index is 14.7. The fourth-order valence-electron chi connectivity index (χ4n) is 5.40. The van der Waals surface area contributed by atoms with Crippen molar-refractivity contribution in [2.75, 3.05) is 6.61 Å². The topological polar surface area (TPSA) is 9.23 Å². The van der Waals surface area contributed by atoms with Crippen molar-refractivity contribution in [1.29, 1.82) is 0 Å². The number of halogens is 3. The van der Waals surface area contributed by atoms with Crippen LogP contribution in [0.25, 0.3) is 0 Å². The summed E-state index contributed by atoms with van der Waals surface area (Å²) in [4.78, 5) is 0. The molecular weight excluding hydrogens is 349 g/mol. The molecule has 2 fully saturated rings. The van der Waals surface area contributed by atoms with Gasteiger partial charge in [0, 0.05) is 0 Å². The highest BCUT2D eigenvalue weighted by molar-refractivity contribution is 5.35. The number of aryl methyl sites for hydroxylation is 1. The molecule has 2 aromatic carbocycles. The molecule has 4 atom stereocenters. The molecule has 0 amide bonds. The zero-order valence-electron chi connectivity index (χ0n) is 15.8. The van der Waals surface area contributed by atoms with E-state index in [1.807, 2.05) is 19.1 Å². The molecule has 0 aromatic heterocycles. The van der Waals surface area contributed by atoms with Gasteiger partial charge >= 0.3 is 0 Å². The van der Waals surface area contributed by atoms with E-state index < -0.39 is 11.6 Å². The first-order valence-corrected chi connectivity index (χ1v) is 9.88. The van der Waals surface area contributed by atoms with Crippen LogP contribution in [-0.4, -0.2) is 6.61 Å². The third-order valence-electron chi connectivity index (χ3n) is 6.54. The zero-order valence-corrected chi connectivity index (χ0v) is 15.8. The van der Waals surface area contributed by atoms with E-state index >= 15 is 0 Å². The van der Waals surface area contributed by atoms with E-state index in [1.54, 1.807) is 19.1 Å². The van der Waals surface area contributed by atoms with Crippen LogP contribution in [0.15, 0.2) is 30.3 Å². The number of fused-ring (bicyclic) bond motifs is 1. The first kappa shape index (κ1) is 18.4. The summed E-state index contributed by atoms with van der Waals surface area (Å²) in [7, 11) is 0. The van der Waals surface area contributed by atoms with Gasteiger partial charge in [-0.3, -0.25) is 0 Å². The quantitative estimate of drug-likeness (QED) is 0.594. The fourth-order valence-corrected chi connectivity index (χ4v) is 5.40. The van der Waals surface area contributed by atoms with Crippen molar-refractivity contribution in [2.45, 2.75) is 51.4 Å². The van der Waals surface area contributed by atoms with Gasteiger partial charge in [0.25, 0.3) is 0 Å². The molecule has 0 saturated heterocycles. The van der Waals surface area contributed by atoms with E-state index in [9.17, 15) is 13.2 Å². The van der Waals surface area contributed by atoms with Gasteiger partial charge in [-0.05, 0) is 92.0 Å². The molecule has 4 unspecified atom stereocenters. The summed E-state index contributed by atoms with van der Waals surface area (Å²) in [5.41, 5.74) is 2.16. The number of hydrogen-bond acceptors (Lipinski definition) is 1. The average molecular weight is 374 g/mol. The van der Waals surface area contributed by atoms with Gasteiger partial charge in [-0.25, -0.2) is 8.78 Å². The summed E-state index contributed by atoms with van der Waals surface area (Å²) in [6.07, 6.45) is 3.60. The van der Waals surface area contributed by atoms with Crippen LogP contribution in [0.3, 0.4) is 0 Å². The molecule has 2 aromatic rings. The zero-order chi connectivity index (χ0) is 19.1. The second-order valence-electron chi connectivity index (χ2n) is 7.93. The van der Waals surface area contributed by atoms with Crippen molar-refractivity contribution in [2.24, 2.45) is 11.8 Å². The summed E-state index contributed by atoms with van der Waals surface area (Å²) >= 11 is 0. The van der Waals surface area contributed by atoms with E-state index in [4.69, 9.17) is 4.74 Å². The second-order valence-corrected chi connectivity index (χ2v) is 7.93. The lowest BCUT2D eigenvalue weighted by atomic mass is 9.83. The summed E-state index contributed by atoms with van der Waals surface area (Å²) in [5, 5.41) is 0. The molecule has 0 heterocycles. The molecule has 0 spiro atoms. The van der Waals surface area contributed by atoms with Gasteiger partial charge in [0.2, 0.25) is 5.82 Å². The van der Waals surface area contributed by atoms with E-state index in [0.717, 1.165) is 36.8 Å². The molecule has 27 heavy (non-hydrogen) atoms. The normalized spacial score (nSPS) is 27.0. The average Bonchev–Trinajstić information content (AvgIpc) is 3.22. The van der Waals surface area contributed by atoms with E-state index in [2.05, 4.69) is 0 Å². The Bertz CT molecular complexity index is 848. The maximum atomic E-state index is 14.7. The molecule has 2 aliphatic carbocycles. The van der Waals surface area contributed by atoms with Gasteiger partial charge < -0.3 is 4.74 Å². The van der Waals surface area contributed by atoms with Gasteiger partial charge in [0.15, 0.2) is 11.6 Å². The molecule has 0 radical (unpaired) electrons. The number of rotatable bonds is 4. The molecular formula is C23H25F3O. The van der Waals surface area contributed by atoms with E-state index in [1.165, 1.54) is 6.07 Å². The van der Waals surface area contributed by atoms with E-state index in [-0.39, 0.29) is 29.3 Å². The molecule has 0 N–H and O–H groups in total. The lowest BCUT2D eigenvalue weighted by molar-refractivity contribution is 0.311. The Morgan fingerprint density at radius 1 is 0.852 bits per heavy atom. The Hall–Kier alpha value is -1.97. The van der Waals surface area contributed by atoms with Gasteiger partial charge in [-0.2, -0.15) is 4.39 Å². The van der Waals surface area contributed by atoms with Crippen molar-refractivity contribution in [3.05, 3.63) is 64.5 Å². The molecule has 2 saturated carbocycles. The molecule has 4 rings (SSSR count). The smallest absolute Gasteiger partial charge is 0.200 e. The minimum absolute atomic E-state index is 0.00122. The molecule has 144 valence electrons. The number of ether oxygens (including phenoxy) is 1. The standard InChI is InChI=1S/C23H25F3O/c1-3-27-21-11-10-19(22(25)23(21)26)17-9-7-14-15(17)6-8-16(14)18-5-4-13(2)12-20(18)24/h4-5,10-12,14-17H,3,6-9H2,1-2H3. The summed E-state index contributed by atoms with van der Waals surface area (Å²) in [5.74, 6) is -1.05. The highest BCUT2D eigenvalue weighted by Gasteiger charge is 2.47.